The van der Waals surface area contributed by atoms with Crippen molar-refractivity contribution in [3.05, 3.63) is 57.4 Å². The minimum Gasteiger partial charge on any atom is -0.312 e. The van der Waals surface area contributed by atoms with Gasteiger partial charge in [-0.15, -0.1) is 0 Å². The van der Waals surface area contributed by atoms with Crippen molar-refractivity contribution in [1.29, 1.82) is 0 Å². The summed E-state index contributed by atoms with van der Waals surface area (Å²) in [7, 11) is 0. The average Bonchev–Trinajstić information content (AvgIpc) is 3.36. The normalized spacial score (nSPS) is 14.2. The summed E-state index contributed by atoms with van der Waals surface area (Å²) in [5, 5.41) is 3.35. The van der Waals surface area contributed by atoms with Crippen LogP contribution >= 0.6 is 0 Å². The summed E-state index contributed by atoms with van der Waals surface area (Å²) in [5.74, 6) is 0. The van der Waals surface area contributed by atoms with E-state index in [1.807, 2.05) is 10.6 Å². The number of nitrogens with one attached hydrogen (secondary N) is 1. The molecule has 0 atom stereocenters. The Morgan fingerprint density at radius 1 is 1.17 bits per heavy atom. The summed E-state index contributed by atoms with van der Waals surface area (Å²) >= 11 is 0. The van der Waals surface area contributed by atoms with E-state index in [0.717, 1.165) is 37.1 Å². The number of pyridine rings is 1. The molecule has 0 amide bonds. The first kappa shape index (κ1) is 16.0. The molecule has 1 N–H and O–H groups in total. The number of rotatable bonds is 6. The third-order valence-corrected chi connectivity index (χ3v) is 4.52. The topological polar surface area (TPSA) is 34.0 Å². The fourth-order valence-electron chi connectivity index (χ4n) is 3.06. The minimum atomic E-state index is 0.175. The van der Waals surface area contributed by atoms with Gasteiger partial charge >= 0.3 is 0 Å². The molecule has 2 aromatic rings. The molecule has 23 heavy (non-hydrogen) atoms. The molecule has 1 saturated carbocycles. The lowest BCUT2D eigenvalue weighted by Gasteiger charge is -2.16. The predicted molar refractivity (Wildman–Crippen MR) is 95.9 cm³/mol. The highest BCUT2D eigenvalue weighted by molar-refractivity contribution is 5.65. The van der Waals surface area contributed by atoms with Crippen LogP contribution in [-0.2, 0) is 6.54 Å². The molecular formula is C20H26N2O. The molecule has 1 aromatic heterocycles. The van der Waals surface area contributed by atoms with Crippen molar-refractivity contribution < 1.29 is 0 Å². The van der Waals surface area contributed by atoms with E-state index in [4.69, 9.17) is 0 Å². The van der Waals surface area contributed by atoms with Crippen molar-refractivity contribution in [3.63, 3.8) is 0 Å². The maximum Gasteiger partial charge on any atom is 0.255 e. The van der Waals surface area contributed by atoms with Gasteiger partial charge in [-0.3, -0.25) is 4.79 Å². The number of hydrogen-bond donors (Lipinski definition) is 1. The summed E-state index contributed by atoms with van der Waals surface area (Å²) in [6.07, 6.45) is 3.31. The quantitative estimate of drug-likeness (QED) is 0.819. The van der Waals surface area contributed by atoms with Gasteiger partial charge in [0.05, 0.1) is 5.69 Å². The zero-order valence-corrected chi connectivity index (χ0v) is 14.4. The molecule has 1 fully saturated rings. The van der Waals surface area contributed by atoms with E-state index in [2.05, 4.69) is 50.4 Å². The Morgan fingerprint density at radius 3 is 2.65 bits per heavy atom. The summed E-state index contributed by atoms with van der Waals surface area (Å²) < 4.78 is 2.03. The minimum absolute atomic E-state index is 0.175. The number of aryl methyl sites for hydroxylation is 2. The van der Waals surface area contributed by atoms with E-state index in [-0.39, 0.29) is 5.56 Å². The van der Waals surface area contributed by atoms with Gasteiger partial charge < -0.3 is 9.88 Å². The Balaban J connectivity index is 2.06. The van der Waals surface area contributed by atoms with Crippen molar-refractivity contribution in [2.24, 2.45) is 0 Å². The lowest BCUT2D eigenvalue weighted by Crippen LogP contribution is -2.28. The molecule has 1 aliphatic carbocycles. The molecule has 1 aliphatic rings. The highest BCUT2D eigenvalue weighted by Gasteiger charge is 2.28. The van der Waals surface area contributed by atoms with Crippen molar-refractivity contribution >= 4 is 0 Å². The molecule has 3 rings (SSSR count). The zero-order chi connectivity index (χ0) is 16.4. The first-order valence-corrected chi connectivity index (χ1v) is 8.64. The monoisotopic (exact) mass is 310 g/mol. The molecule has 122 valence electrons. The molecule has 0 bridgehead atoms. The van der Waals surface area contributed by atoms with Gasteiger partial charge in [0.15, 0.2) is 0 Å². The summed E-state index contributed by atoms with van der Waals surface area (Å²) in [6, 6.07) is 11.0. The van der Waals surface area contributed by atoms with Crippen molar-refractivity contribution in [3.8, 4) is 11.3 Å². The second-order valence-electron chi connectivity index (χ2n) is 6.65. The summed E-state index contributed by atoms with van der Waals surface area (Å²) in [6.45, 7) is 7.96. The highest BCUT2D eigenvalue weighted by Crippen LogP contribution is 2.37. The molecule has 0 radical (unpaired) electrons. The van der Waals surface area contributed by atoms with Gasteiger partial charge in [0.25, 0.3) is 5.56 Å². The van der Waals surface area contributed by atoms with E-state index >= 15 is 0 Å². The zero-order valence-electron chi connectivity index (χ0n) is 14.4. The van der Waals surface area contributed by atoms with Gasteiger partial charge in [-0.2, -0.15) is 0 Å². The Kier molecular flexibility index (Phi) is 4.67. The van der Waals surface area contributed by atoms with Gasteiger partial charge in [-0.05, 0) is 57.4 Å². The van der Waals surface area contributed by atoms with E-state index in [0.29, 0.717) is 12.6 Å². The average molecular weight is 310 g/mol. The van der Waals surface area contributed by atoms with Crippen LogP contribution < -0.4 is 10.9 Å². The van der Waals surface area contributed by atoms with Gasteiger partial charge in [0.2, 0.25) is 0 Å². The summed E-state index contributed by atoms with van der Waals surface area (Å²) in [5.41, 5.74) is 5.75. The molecule has 0 aliphatic heterocycles. The van der Waals surface area contributed by atoms with Crippen LogP contribution in [0.15, 0.2) is 35.1 Å². The maximum atomic E-state index is 13.0. The standard InChI is InChI=1S/C20H26N2O/c1-4-11-21-13-16-7-10-19(22(20(16)23)17-8-9-17)18-12-14(2)5-6-15(18)3/h5-7,10,12,17,21H,4,8-9,11,13H2,1-3H3. The van der Waals surface area contributed by atoms with Crippen LogP contribution in [0.2, 0.25) is 0 Å². The second-order valence-corrected chi connectivity index (χ2v) is 6.65. The fourth-order valence-corrected chi connectivity index (χ4v) is 3.06. The van der Waals surface area contributed by atoms with Crippen LogP contribution in [-0.4, -0.2) is 11.1 Å². The van der Waals surface area contributed by atoms with Crippen LogP contribution in [0.4, 0.5) is 0 Å². The van der Waals surface area contributed by atoms with Crippen LogP contribution in [0.25, 0.3) is 11.3 Å². The molecule has 0 spiro atoms. The summed E-state index contributed by atoms with van der Waals surface area (Å²) in [4.78, 5) is 13.0. The van der Waals surface area contributed by atoms with Crippen LogP contribution in [0.3, 0.4) is 0 Å². The van der Waals surface area contributed by atoms with Gasteiger partial charge in [-0.25, -0.2) is 0 Å². The van der Waals surface area contributed by atoms with Crippen molar-refractivity contribution in [1.82, 2.24) is 9.88 Å². The van der Waals surface area contributed by atoms with E-state index in [9.17, 15) is 4.79 Å². The van der Waals surface area contributed by atoms with Crippen molar-refractivity contribution in [2.45, 2.75) is 52.6 Å². The lowest BCUT2D eigenvalue weighted by molar-refractivity contribution is 0.649. The van der Waals surface area contributed by atoms with Crippen LogP contribution in [0.1, 0.15) is 48.9 Å². The van der Waals surface area contributed by atoms with Gasteiger partial charge in [-0.1, -0.05) is 30.7 Å². The maximum absolute atomic E-state index is 13.0. The molecule has 3 heteroatoms. The molecule has 1 aromatic carbocycles. The van der Waals surface area contributed by atoms with E-state index < -0.39 is 0 Å². The first-order valence-electron chi connectivity index (χ1n) is 8.64. The molecule has 1 heterocycles. The lowest BCUT2D eigenvalue weighted by atomic mass is 10.0. The first-order chi connectivity index (χ1) is 11.1. The van der Waals surface area contributed by atoms with Gasteiger partial charge in [0, 0.05) is 23.7 Å². The highest BCUT2D eigenvalue weighted by atomic mass is 16.1. The fraction of sp³-hybridized carbons (Fsp3) is 0.450. The third-order valence-electron chi connectivity index (χ3n) is 4.52. The predicted octanol–water partition coefficient (Wildman–Crippen LogP) is 3.97. The number of aromatic nitrogens is 1. The van der Waals surface area contributed by atoms with Crippen molar-refractivity contribution in [2.75, 3.05) is 6.54 Å². The Morgan fingerprint density at radius 2 is 1.96 bits per heavy atom. The molecule has 0 unspecified atom stereocenters. The SMILES string of the molecule is CCCNCc1ccc(-c2cc(C)ccc2C)n(C2CC2)c1=O. The number of nitrogens with zero attached hydrogens (tertiary/aromatic N) is 1. The Bertz CT molecular complexity index is 757. The molecule has 3 nitrogen and oxygen atoms in total. The van der Waals surface area contributed by atoms with E-state index in [1.165, 1.54) is 16.7 Å². The van der Waals surface area contributed by atoms with Crippen LogP contribution in [0, 0.1) is 13.8 Å². The van der Waals surface area contributed by atoms with E-state index in [1.54, 1.807) is 0 Å². The third kappa shape index (κ3) is 3.40. The van der Waals surface area contributed by atoms with Crippen LogP contribution in [0.5, 0.6) is 0 Å². The largest absolute Gasteiger partial charge is 0.312 e. The Labute approximate surface area is 138 Å². The number of hydrogen-bond acceptors (Lipinski definition) is 2. The smallest absolute Gasteiger partial charge is 0.255 e. The molecule has 0 saturated heterocycles. The molecular weight excluding hydrogens is 284 g/mol. The van der Waals surface area contributed by atoms with Gasteiger partial charge in [0.1, 0.15) is 0 Å². The second kappa shape index (κ2) is 6.71. The Hall–Kier alpha value is -1.87. The number of benzene rings is 1.